The summed E-state index contributed by atoms with van der Waals surface area (Å²) in [6, 6.07) is 0.246. The van der Waals surface area contributed by atoms with Crippen LogP contribution in [0, 0.1) is 5.92 Å². The summed E-state index contributed by atoms with van der Waals surface area (Å²) in [4.78, 5) is 13.6. The van der Waals surface area contributed by atoms with Crippen molar-refractivity contribution in [1.29, 1.82) is 0 Å². The average Bonchev–Trinajstić information content (AvgIpc) is 2.29. The summed E-state index contributed by atoms with van der Waals surface area (Å²) >= 11 is 0. The normalized spacial score (nSPS) is 20.8. The summed E-state index contributed by atoms with van der Waals surface area (Å²) in [6.45, 7) is 5.66. The SMILES string of the molecule is CC=CC=CC(=O)N1CCC(C(C)N)CC1. The van der Waals surface area contributed by atoms with Crippen molar-refractivity contribution in [3.63, 3.8) is 0 Å². The van der Waals surface area contributed by atoms with E-state index in [2.05, 4.69) is 0 Å². The standard InChI is InChI=1S/C13H22N2O/c1-3-4-5-6-13(16)15-9-7-12(8-10-15)11(2)14/h3-6,11-12H,7-10,14H2,1-2H3. The number of hydrogen-bond donors (Lipinski definition) is 1. The molecule has 1 heterocycles. The Labute approximate surface area is 98.0 Å². The molecule has 1 unspecified atom stereocenters. The highest BCUT2D eigenvalue weighted by Gasteiger charge is 2.23. The Kier molecular flexibility index (Phi) is 5.26. The van der Waals surface area contributed by atoms with E-state index < -0.39 is 0 Å². The number of nitrogens with zero attached hydrogens (tertiary/aromatic N) is 1. The molecule has 1 saturated heterocycles. The Morgan fingerprint density at radius 2 is 2.00 bits per heavy atom. The first kappa shape index (κ1) is 13.0. The number of hydrogen-bond acceptors (Lipinski definition) is 2. The Balaban J connectivity index is 2.38. The Bertz CT molecular complexity index is 274. The van der Waals surface area contributed by atoms with Crippen LogP contribution < -0.4 is 5.73 Å². The van der Waals surface area contributed by atoms with Crippen LogP contribution in [-0.4, -0.2) is 29.9 Å². The summed E-state index contributed by atoms with van der Waals surface area (Å²) in [7, 11) is 0. The molecule has 0 aromatic carbocycles. The van der Waals surface area contributed by atoms with Gasteiger partial charge in [-0.3, -0.25) is 4.79 Å². The van der Waals surface area contributed by atoms with Gasteiger partial charge in [0.1, 0.15) is 0 Å². The van der Waals surface area contributed by atoms with Crippen LogP contribution >= 0.6 is 0 Å². The lowest BCUT2D eigenvalue weighted by Gasteiger charge is -2.33. The van der Waals surface area contributed by atoms with E-state index in [4.69, 9.17) is 5.73 Å². The number of piperidine rings is 1. The molecule has 0 radical (unpaired) electrons. The van der Waals surface area contributed by atoms with Gasteiger partial charge in [-0.05, 0) is 32.6 Å². The minimum atomic E-state index is 0.112. The topological polar surface area (TPSA) is 46.3 Å². The van der Waals surface area contributed by atoms with Gasteiger partial charge in [0.2, 0.25) is 5.91 Å². The lowest BCUT2D eigenvalue weighted by molar-refractivity contribution is -0.127. The molecule has 0 bridgehead atoms. The number of likely N-dealkylation sites (tertiary alicyclic amines) is 1. The van der Waals surface area contributed by atoms with Crippen LogP contribution in [0.15, 0.2) is 24.3 Å². The van der Waals surface area contributed by atoms with Crippen molar-refractivity contribution in [3.05, 3.63) is 24.3 Å². The van der Waals surface area contributed by atoms with Gasteiger partial charge >= 0.3 is 0 Å². The molecule has 1 fully saturated rings. The van der Waals surface area contributed by atoms with Crippen molar-refractivity contribution in [2.45, 2.75) is 32.7 Å². The summed E-state index contributed by atoms with van der Waals surface area (Å²) in [5.74, 6) is 0.685. The van der Waals surface area contributed by atoms with Crippen molar-refractivity contribution in [1.82, 2.24) is 4.90 Å². The molecule has 0 aromatic heterocycles. The van der Waals surface area contributed by atoms with E-state index >= 15 is 0 Å². The number of amides is 1. The second-order valence-corrected chi connectivity index (χ2v) is 4.41. The first-order chi connectivity index (χ1) is 7.65. The molecule has 0 aliphatic carbocycles. The van der Waals surface area contributed by atoms with E-state index in [9.17, 15) is 4.79 Å². The van der Waals surface area contributed by atoms with Crippen LogP contribution in [0.3, 0.4) is 0 Å². The molecule has 0 saturated carbocycles. The first-order valence-corrected chi connectivity index (χ1v) is 5.99. The molecule has 0 aromatic rings. The molecule has 1 rings (SSSR count). The van der Waals surface area contributed by atoms with Crippen LogP contribution in [0.5, 0.6) is 0 Å². The monoisotopic (exact) mass is 222 g/mol. The van der Waals surface area contributed by atoms with Gasteiger partial charge in [-0.1, -0.05) is 18.2 Å². The number of carbonyl (C=O) groups excluding carboxylic acids is 1. The van der Waals surface area contributed by atoms with Crippen LogP contribution in [0.1, 0.15) is 26.7 Å². The Hall–Kier alpha value is -1.09. The molecule has 3 heteroatoms. The van der Waals surface area contributed by atoms with Crippen LogP contribution in [0.4, 0.5) is 0 Å². The third-order valence-corrected chi connectivity index (χ3v) is 3.14. The lowest BCUT2D eigenvalue weighted by atomic mass is 9.91. The largest absolute Gasteiger partial charge is 0.339 e. The van der Waals surface area contributed by atoms with Gasteiger partial charge in [0.15, 0.2) is 0 Å². The highest BCUT2D eigenvalue weighted by atomic mass is 16.2. The average molecular weight is 222 g/mol. The van der Waals surface area contributed by atoms with Gasteiger partial charge in [0.25, 0.3) is 0 Å². The second kappa shape index (κ2) is 6.48. The first-order valence-electron chi connectivity index (χ1n) is 5.99. The van der Waals surface area contributed by atoms with E-state index in [-0.39, 0.29) is 11.9 Å². The van der Waals surface area contributed by atoms with E-state index in [1.165, 1.54) is 0 Å². The van der Waals surface area contributed by atoms with Crippen molar-refractivity contribution in [3.8, 4) is 0 Å². The number of rotatable bonds is 3. The zero-order valence-corrected chi connectivity index (χ0v) is 10.2. The summed E-state index contributed by atoms with van der Waals surface area (Å²) in [5, 5.41) is 0. The molecular formula is C13H22N2O. The Morgan fingerprint density at radius 3 is 2.50 bits per heavy atom. The molecule has 1 aliphatic rings. The second-order valence-electron chi connectivity index (χ2n) is 4.41. The molecule has 3 nitrogen and oxygen atoms in total. The molecule has 16 heavy (non-hydrogen) atoms. The minimum Gasteiger partial charge on any atom is -0.339 e. The fraction of sp³-hybridized carbons (Fsp3) is 0.615. The van der Waals surface area contributed by atoms with Gasteiger partial charge in [-0.25, -0.2) is 0 Å². The van der Waals surface area contributed by atoms with Gasteiger partial charge in [-0.15, -0.1) is 0 Å². The molecule has 0 spiro atoms. The molecule has 1 atom stereocenters. The maximum absolute atomic E-state index is 11.7. The molecule has 1 aliphatic heterocycles. The summed E-state index contributed by atoms with van der Waals surface area (Å²) in [5.41, 5.74) is 5.86. The molecule has 2 N–H and O–H groups in total. The highest BCUT2D eigenvalue weighted by Crippen LogP contribution is 2.19. The molecule has 90 valence electrons. The molecular weight excluding hydrogens is 200 g/mol. The number of nitrogens with two attached hydrogens (primary N) is 1. The maximum atomic E-state index is 11.7. The fourth-order valence-corrected chi connectivity index (χ4v) is 2.00. The Morgan fingerprint density at radius 1 is 1.38 bits per heavy atom. The van der Waals surface area contributed by atoms with E-state index in [1.54, 1.807) is 12.2 Å². The van der Waals surface area contributed by atoms with Crippen molar-refractivity contribution in [2.24, 2.45) is 11.7 Å². The zero-order valence-electron chi connectivity index (χ0n) is 10.2. The van der Waals surface area contributed by atoms with Crippen molar-refractivity contribution < 1.29 is 4.79 Å². The van der Waals surface area contributed by atoms with Crippen LogP contribution in [-0.2, 0) is 4.79 Å². The number of allylic oxidation sites excluding steroid dienone is 3. The third-order valence-electron chi connectivity index (χ3n) is 3.14. The van der Waals surface area contributed by atoms with Crippen LogP contribution in [0.2, 0.25) is 0 Å². The van der Waals surface area contributed by atoms with E-state index in [1.807, 2.05) is 30.9 Å². The van der Waals surface area contributed by atoms with Crippen molar-refractivity contribution in [2.75, 3.05) is 13.1 Å². The fourth-order valence-electron chi connectivity index (χ4n) is 2.00. The van der Waals surface area contributed by atoms with Crippen LogP contribution in [0.25, 0.3) is 0 Å². The lowest BCUT2D eigenvalue weighted by Crippen LogP contribution is -2.41. The predicted octanol–water partition coefficient (Wildman–Crippen LogP) is 1.70. The third kappa shape index (κ3) is 3.81. The quantitative estimate of drug-likeness (QED) is 0.583. The van der Waals surface area contributed by atoms with Gasteiger partial charge in [0, 0.05) is 25.2 Å². The number of carbonyl (C=O) groups is 1. The minimum absolute atomic E-state index is 0.112. The van der Waals surface area contributed by atoms with Gasteiger partial charge in [-0.2, -0.15) is 0 Å². The summed E-state index contributed by atoms with van der Waals surface area (Å²) in [6.07, 6.45) is 9.26. The van der Waals surface area contributed by atoms with E-state index in [0.29, 0.717) is 5.92 Å². The molecule has 1 amide bonds. The zero-order chi connectivity index (χ0) is 12.0. The van der Waals surface area contributed by atoms with Gasteiger partial charge < -0.3 is 10.6 Å². The smallest absolute Gasteiger partial charge is 0.246 e. The van der Waals surface area contributed by atoms with Crippen molar-refractivity contribution >= 4 is 5.91 Å². The summed E-state index contributed by atoms with van der Waals surface area (Å²) < 4.78 is 0. The maximum Gasteiger partial charge on any atom is 0.246 e. The highest BCUT2D eigenvalue weighted by molar-refractivity contribution is 5.87. The van der Waals surface area contributed by atoms with Gasteiger partial charge in [0.05, 0.1) is 0 Å². The predicted molar refractivity (Wildman–Crippen MR) is 66.9 cm³/mol. The van der Waals surface area contributed by atoms with E-state index in [0.717, 1.165) is 25.9 Å².